The third-order valence-corrected chi connectivity index (χ3v) is 8.34. The number of hydrogen-bond acceptors (Lipinski definition) is 5. The van der Waals surface area contributed by atoms with Crippen LogP contribution in [0.2, 0.25) is 0 Å². The van der Waals surface area contributed by atoms with Crippen molar-refractivity contribution in [2.45, 2.75) is 78.5 Å². The lowest BCUT2D eigenvalue weighted by Gasteiger charge is -2.40. The van der Waals surface area contributed by atoms with Crippen molar-refractivity contribution in [3.63, 3.8) is 0 Å². The SMILES string of the molecule is CCCCOC(=O)c1ccccc1C1=c2cc3c(cc2OC2C=C4NC(C)(C)C=C(C)C4=CC12)=NC(C)(C)C=C3C. The zero-order valence-electron chi connectivity index (χ0n) is 25.2. The summed E-state index contributed by atoms with van der Waals surface area (Å²) in [7, 11) is 0. The fourth-order valence-corrected chi connectivity index (χ4v) is 6.70. The molecular weight excluding hydrogens is 508 g/mol. The molecule has 3 heterocycles. The van der Waals surface area contributed by atoms with E-state index in [1.807, 2.05) is 18.2 Å². The van der Waals surface area contributed by atoms with Gasteiger partial charge < -0.3 is 14.8 Å². The summed E-state index contributed by atoms with van der Waals surface area (Å²) in [6.45, 7) is 15.4. The third-order valence-electron chi connectivity index (χ3n) is 8.34. The molecule has 3 aliphatic heterocycles. The van der Waals surface area contributed by atoms with Crippen molar-refractivity contribution >= 4 is 17.1 Å². The molecule has 2 aromatic carbocycles. The van der Waals surface area contributed by atoms with Gasteiger partial charge in [0.05, 0.1) is 28.6 Å². The highest BCUT2D eigenvalue weighted by Gasteiger charge is 2.38. The monoisotopic (exact) mass is 548 g/mol. The first-order valence-electron chi connectivity index (χ1n) is 14.8. The van der Waals surface area contributed by atoms with Crippen LogP contribution in [0.3, 0.4) is 0 Å². The Morgan fingerprint density at radius 2 is 1.80 bits per heavy atom. The molecule has 41 heavy (non-hydrogen) atoms. The first-order chi connectivity index (χ1) is 19.5. The van der Waals surface area contributed by atoms with E-state index >= 15 is 0 Å². The molecular formula is C36H40N2O3. The van der Waals surface area contributed by atoms with Gasteiger partial charge in [0, 0.05) is 28.5 Å². The van der Waals surface area contributed by atoms with E-state index in [1.54, 1.807) is 0 Å². The topological polar surface area (TPSA) is 59.9 Å². The number of fused-ring (bicyclic) bond motifs is 4. The molecule has 0 saturated carbocycles. The van der Waals surface area contributed by atoms with Crippen molar-refractivity contribution in [1.29, 1.82) is 0 Å². The maximum atomic E-state index is 13.4. The predicted molar refractivity (Wildman–Crippen MR) is 164 cm³/mol. The van der Waals surface area contributed by atoms with Gasteiger partial charge in [-0.1, -0.05) is 49.8 Å². The van der Waals surface area contributed by atoms with E-state index in [2.05, 4.69) is 96.3 Å². The summed E-state index contributed by atoms with van der Waals surface area (Å²) >= 11 is 0. The van der Waals surface area contributed by atoms with Gasteiger partial charge in [0.25, 0.3) is 0 Å². The van der Waals surface area contributed by atoms with Crippen molar-refractivity contribution < 1.29 is 14.3 Å². The zero-order valence-corrected chi connectivity index (χ0v) is 25.2. The van der Waals surface area contributed by atoms with Gasteiger partial charge in [-0.25, -0.2) is 4.79 Å². The fourth-order valence-electron chi connectivity index (χ4n) is 6.70. The third kappa shape index (κ3) is 4.96. The van der Waals surface area contributed by atoms with Gasteiger partial charge in [0.1, 0.15) is 11.9 Å². The Hall–Kier alpha value is -3.86. The molecule has 6 rings (SSSR count). The van der Waals surface area contributed by atoms with E-state index < -0.39 is 0 Å². The maximum Gasteiger partial charge on any atom is 0.338 e. The van der Waals surface area contributed by atoms with E-state index in [0.29, 0.717) is 12.2 Å². The molecule has 0 radical (unpaired) electrons. The van der Waals surface area contributed by atoms with Crippen LogP contribution in [0.4, 0.5) is 0 Å². The number of hydrogen-bond donors (Lipinski definition) is 1. The van der Waals surface area contributed by atoms with Crippen molar-refractivity contribution in [3.05, 3.63) is 105 Å². The Balaban J connectivity index is 1.61. The number of esters is 1. The quantitative estimate of drug-likeness (QED) is 0.358. The maximum absolute atomic E-state index is 13.4. The number of rotatable bonds is 5. The minimum atomic E-state index is -0.284. The smallest absolute Gasteiger partial charge is 0.338 e. The molecule has 0 aromatic heterocycles. The number of carbonyl (C=O) groups excluding carboxylic acids is 1. The van der Waals surface area contributed by atoms with E-state index in [4.69, 9.17) is 14.5 Å². The molecule has 0 saturated heterocycles. The van der Waals surface area contributed by atoms with Gasteiger partial charge in [-0.15, -0.1) is 0 Å². The number of carbonyl (C=O) groups is 1. The molecule has 1 aliphatic carbocycles. The molecule has 0 fully saturated rings. The molecule has 212 valence electrons. The standard InChI is InChI=1S/C36H40N2O3/c1-8-9-14-40-34(39)24-13-11-10-12-23(24)33-27-15-25-21(2)19-35(4,5)37-29(25)17-31(27)41-32-18-30-26(16-28(32)33)22(3)20-36(6,7)38-30/h10-13,15-20,27,31,37H,8-9,14H2,1-7H3. The molecule has 5 heteroatoms. The highest BCUT2D eigenvalue weighted by atomic mass is 16.5. The molecule has 0 spiro atoms. The van der Waals surface area contributed by atoms with Gasteiger partial charge in [-0.05, 0) is 94.0 Å². The number of benzene rings is 2. The molecule has 0 amide bonds. The van der Waals surface area contributed by atoms with Crippen LogP contribution in [-0.4, -0.2) is 29.8 Å². The summed E-state index contributed by atoms with van der Waals surface area (Å²) in [5, 5.41) is 5.63. The minimum absolute atomic E-state index is 0.0866. The highest BCUT2D eigenvalue weighted by molar-refractivity contribution is 5.96. The van der Waals surface area contributed by atoms with Crippen LogP contribution in [0.1, 0.15) is 82.8 Å². The average Bonchev–Trinajstić information content (AvgIpc) is 2.89. The number of nitrogens with one attached hydrogen (secondary N) is 1. The van der Waals surface area contributed by atoms with Crippen LogP contribution in [0, 0.1) is 5.92 Å². The first kappa shape index (κ1) is 27.3. The van der Waals surface area contributed by atoms with E-state index in [-0.39, 0.29) is 29.1 Å². The zero-order chi connectivity index (χ0) is 29.1. The van der Waals surface area contributed by atoms with Crippen molar-refractivity contribution in [1.82, 2.24) is 5.32 Å². The molecule has 2 atom stereocenters. The normalized spacial score (nSPS) is 23.0. The fraction of sp³-hybridized carbons (Fsp3) is 0.389. The molecule has 2 unspecified atom stereocenters. The second-order valence-electron chi connectivity index (χ2n) is 12.9. The molecule has 0 bridgehead atoms. The predicted octanol–water partition coefficient (Wildman–Crippen LogP) is 6.19. The highest BCUT2D eigenvalue weighted by Crippen LogP contribution is 2.41. The van der Waals surface area contributed by atoms with Crippen LogP contribution >= 0.6 is 0 Å². The van der Waals surface area contributed by atoms with Crippen LogP contribution in [-0.2, 0) is 4.74 Å². The summed E-state index contributed by atoms with van der Waals surface area (Å²) in [5.41, 5.74) is 7.93. The number of ether oxygens (including phenoxy) is 2. The first-order valence-corrected chi connectivity index (χ1v) is 14.8. The lowest BCUT2D eigenvalue weighted by Crippen LogP contribution is -2.45. The largest absolute Gasteiger partial charge is 0.485 e. The van der Waals surface area contributed by atoms with Crippen molar-refractivity contribution in [2.75, 3.05) is 6.61 Å². The average molecular weight is 549 g/mol. The summed E-state index contributed by atoms with van der Waals surface area (Å²) < 4.78 is 12.5. The summed E-state index contributed by atoms with van der Waals surface area (Å²) in [6.07, 6.45) is 10.6. The van der Waals surface area contributed by atoms with Crippen LogP contribution < -0.4 is 20.6 Å². The summed E-state index contributed by atoms with van der Waals surface area (Å²) in [6, 6.07) is 12.1. The lowest BCUT2D eigenvalue weighted by molar-refractivity contribution is 0.0499. The second kappa shape index (κ2) is 9.90. The van der Waals surface area contributed by atoms with E-state index in [9.17, 15) is 4.79 Å². The Labute approximate surface area is 243 Å². The van der Waals surface area contributed by atoms with Gasteiger partial charge in [0.15, 0.2) is 0 Å². The van der Waals surface area contributed by atoms with Crippen LogP contribution in [0.25, 0.3) is 11.1 Å². The summed E-state index contributed by atoms with van der Waals surface area (Å²) in [4.78, 5) is 18.5. The van der Waals surface area contributed by atoms with Crippen molar-refractivity contribution in [3.8, 4) is 5.75 Å². The Morgan fingerprint density at radius 1 is 1.02 bits per heavy atom. The van der Waals surface area contributed by atoms with E-state index in [0.717, 1.165) is 51.6 Å². The molecule has 4 aliphatic rings. The van der Waals surface area contributed by atoms with Crippen LogP contribution in [0.15, 0.2) is 82.5 Å². The van der Waals surface area contributed by atoms with Gasteiger partial charge in [0.2, 0.25) is 0 Å². The number of allylic oxidation sites excluding steroid dienone is 2. The lowest BCUT2D eigenvalue weighted by atomic mass is 9.76. The minimum Gasteiger partial charge on any atom is -0.485 e. The van der Waals surface area contributed by atoms with Crippen molar-refractivity contribution in [2.24, 2.45) is 10.9 Å². The number of nitrogens with zero attached hydrogens (tertiary/aromatic N) is 1. The molecule has 1 N–H and O–H groups in total. The Bertz CT molecular complexity index is 1700. The number of unbranched alkanes of at least 4 members (excludes halogenated alkanes) is 1. The van der Waals surface area contributed by atoms with Gasteiger partial charge in [-0.2, -0.15) is 0 Å². The van der Waals surface area contributed by atoms with Gasteiger partial charge >= 0.3 is 5.97 Å². The van der Waals surface area contributed by atoms with Crippen LogP contribution in [0.5, 0.6) is 5.75 Å². The second-order valence-corrected chi connectivity index (χ2v) is 12.9. The molecule has 2 aromatic rings. The molecule has 5 nitrogen and oxygen atoms in total. The summed E-state index contributed by atoms with van der Waals surface area (Å²) in [5.74, 6) is 0.421. The van der Waals surface area contributed by atoms with Gasteiger partial charge in [-0.3, -0.25) is 4.99 Å². The van der Waals surface area contributed by atoms with E-state index in [1.165, 1.54) is 16.7 Å². The Kier molecular flexibility index (Phi) is 6.60. The Morgan fingerprint density at radius 3 is 2.59 bits per heavy atom.